The van der Waals surface area contributed by atoms with E-state index in [0.717, 1.165) is 25.7 Å². The van der Waals surface area contributed by atoms with Crippen molar-refractivity contribution >= 4 is 38.9 Å². The van der Waals surface area contributed by atoms with Crippen LogP contribution >= 0.6 is 11.6 Å². The van der Waals surface area contributed by atoms with Gasteiger partial charge in [-0.1, -0.05) is 30.5 Å². The lowest BCUT2D eigenvalue weighted by atomic mass is 10.2. The summed E-state index contributed by atoms with van der Waals surface area (Å²) in [5, 5.41) is 5.62. The third-order valence-corrected chi connectivity index (χ3v) is 6.82. The zero-order chi connectivity index (χ0) is 20.9. The number of nitrogens with one attached hydrogen (secondary N) is 2. The maximum atomic E-state index is 13.7. The Hall–Kier alpha value is -2.16. The largest absolute Gasteiger partial charge is 0.376 e. The van der Waals surface area contributed by atoms with Gasteiger partial charge in [-0.05, 0) is 49.2 Å². The number of amides is 1. The minimum atomic E-state index is -3.58. The molecule has 0 saturated carbocycles. The van der Waals surface area contributed by atoms with Crippen molar-refractivity contribution in [3.05, 3.63) is 53.3 Å². The van der Waals surface area contributed by atoms with Crippen molar-refractivity contribution < 1.29 is 17.6 Å². The Labute approximate surface area is 175 Å². The fourth-order valence-corrected chi connectivity index (χ4v) is 4.90. The van der Waals surface area contributed by atoms with Crippen LogP contribution < -0.4 is 10.6 Å². The van der Waals surface area contributed by atoms with E-state index in [0.29, 0.717) is 23.8 Å². The molecule has 6 nitrogen and oxygen atoms in total. The Balaban J connectivity index is 1.65. The molecule has 156 valence electrons. The Morgan fingerprint density at radius 3 is 2.52 bits per heavy atom. The van der Waals surface area contributed by atoms with Gasteiger partial charge >= 0.3 is 0 Å². The van der Waals surface area contributed by atoms with Crippen LogP contribution in [0, 0.1) is 5.82 Å². The zero-order valence-corrected chi connectivity index (χ0v) is 17.4. The summed E-state index contributed by atoms with van der Waals surface area (Å²) in [5.41, 5.74) is 0.476. The molecule has 0 unspecified atom stereocenters. The van der Waals surface area contributed by atoms with Crippen LogP contribution in [0.3, 0.4) is 0 Å². The normalized spacial score (nSPS) is 15.5. The first-order valence-electron chi connectivity index (χ1n) is 9.45. The molecule has 0 bridgehead atoms. The highest BCUT2D eigenvalue weighted by Gasteiger charge is 2.25. The summed E-state index contributed by atoms with van der Waals surface area (Å²) < 4.78 is 41.1. The minimum absolute atomic E-state index is 0.0122. The molecular formula is C20H23ClFN3O3S. The summed E-state index contributed by atoms with van der Waals surface area (Å²) >= 11 is 5.81. The summed E-state index contributed by atoms with van der Waals surface area (Å²) in [4.78, 5) is 12.3. The first-order valence-corrected chi connectivity index (χ1v) is 11.3. The summed E-state index contributed by atoms with van der Waals surface area (Å²) in [7, 11) is -3.58. The van der Waals surface area contributed by atoms with E-state index in [-0.39, 0.29) is 17.1 Å². The lowest BCUT2D eigenvalue weighted by Gasteiger charge is -2.20. The number of hydrogen-bond donors (Lipinski definition) is 2. The average Bonchev–Trinajstić information content (AvgIpc) is 2.99. The Morgan fingerprint density at radius 2 is 1.79 bits per heavy atom. The summed E-state index contributed by atoms with van der Waals surface area (Å²) in [6.45, 7) is 0.889. The van der Waals surface area contributed by atoms with Gasteiger partial charge in [0.2, 0.25) is 15.9 Å². The smallest absolute Gasteiger partial charge is 0.243 e. The molecule has 0 spiro atoms. The second kappa shape index (κ2) is 9.56. The first-order chi connectivity index (χ1) is 13.9. The number of benzene rings is 2. The molecule has 3 rings (SSSR count). The maximum Gasteiger partial charge on any atom is 0.243 e. The van der Waals surface area contributed by atoms with Gasteiger partial charge in [-0.15, -0.1) is 0 Å². The van der Waals surface area contributed by atoms with Gasteiger partial charge in [-0.3, -0.25) is 4.79 Å². The third kappa shape index (κ3) is 5.68. The van der Waals surface area contributed by atoms with E-state index in [1.54, 1.807) is 18.2 Å². The van der Waals surface area contributed by atoms with E-state index < -0.39 is 21.7 Å². The number of halogens is 2. The van der Waals surface area contributed by atoms with Gasteiger partial charge < -0.3 is 10.6 Å². The Morgan fingerprint density at radius 1 is 1.07 bits per heavy atom. The van der Waals surface area contributed by atoms with Gasteiger partial charge in [-0.2, -0.15) is 4.31 Å². The molecular weight excluding hydrogens is 417 g/mol. The molecule has 1 heterocycles. The van der Waals surface area contributed by atoms with Crippen LogP contribution in [0.1, 0.15) is 25.7 Å². The van der Waals surface area contributed by atoms with Gasteiger partial charge in [0.05, 0.1) is 17.1 Å². The second-order valence-corrected chi connectivity index (χ2v) is 9.25. The SMILES string of the molecule is O=C(CNc1cccc(S(=O)(=O)N2CCCCCC2)c1)Nc1cc(Cl)ccc1F. The molecule has 2 N–H and O–H groups in total. The Kier molecular flexibility index (Phi) is 7.10. The molecule has 1 fully saturated rings. The molecule has 1 aliphatic rings. The summed E-state index contributed by atoms with van der Waals surface area (Å²) in [6.07, 6.45) is 3.79. The van der Waals surface area contributed by atoms with Crippen LogP contribution in [0.2, 0.25) is 5.02 Å². The van der Waals surface area contributed by atoms with Gasteiger partial charge in [0.15, 0.2) is 0 Å². The van der Waals surface area contributed by atoms with Crippen molar-refractivity contribution in [3.63, 3.8) is 0 Å². The van der Waals surface area contributed by atoms with Crippen molar-refractivity contribution in [1.82, 2.24) is 4.31 Å². The topological polar surface area (TPSA) is 78.5 Å². The molecule has 9 heteroatoms. The van der Waals surface area contributed by atoms with Gasteiger partial charge in [-0.25, -0.2) is 12.8 Å². The lowest BCUT2D eigenvalue weighted by Crippen LogP contribution is -2.32. The van der Waals surface area contributed by atoms with E-state index in [1.165, 1.54) is 28.6 Å². The predicted octanol–water partition coefficient (Wildman–Crippen LogP) is 4.09. The molecule has 0 atom stereocenters. The van der Waals surface area contributed by atoms with Crippen molar-refractivity contribution in [2.45, 2.75) is 30.6 Å². The molecule has 0 radical (unpaired) electrons. The van der Waals surface area contributed by atoms with E-state index in [1.807, 2.05) is 0 Å². The van der Waals surface area contributed by atoms with E-state index in [2.05, 4.69) is 10.6 Å². The number of carbonyl (C=O) groups excluding carboxylic acids is 1. The second-order valence-electron chi connectivity index (χ2n) is 6.87. The monoisotopic (exact) mass is 439 g/mol. The van der Waals surface area contributed by atoms with E-state index >= 15 is 0 Å². The molecule has 0 aromatic heterocycles. The van der Waals surface area contributed by atoms with Crippen LogP contribution in [-0.4, -0.2) is 38.3 Å². The first kappa shape index (κ1) is 21.5. The maximum absolute atomic E-state index is 13.7. The van der Waals surface area contributed by atoms with E-state index in [4.69, 9.17) is 11.6 Å². The summed E-state index contributed by atoms with van der Waals surface area (Å²) in [6, 6.07) is 10.2. The standard InChI is InChI=1S/C20H23ClFN3O3S/c21-15-8-9-18(22)19(12-15)24-20(26)14-23-16-6-5-7-17(13-16)29(27,28)25-10-3-1-2-4-11-25/h5-9,12-13,23H,1-4,10-11,14H2,(H,24,26). The Bertz CT molecular complexity index is 977. The molecule has 2 aromatic rings. The van der Waals surface area contributed by atoms with Crippen molar-refractivity contribution in [1.29, 1.82) is 0 Å². The summed E-state index contributed by atoms with van der Waals surface area (Å²) in [5.74, 6) is -1.07. The number of sulfonamides is 1. The molecule has 1 amide bonds. The number of anilines is 2. The average molecular weight is 440 g/mol. The molecule has 0 aliphatic carbocycles. The van der Waals surface area contributed by atoms with Gasteiger partial charge in [0, 0.05) is 23.8 Å². The van der Waals surface area contributed by atoms with E-state index in [9.17, 15) is 17.6 Å². The minimum Gasteiger partial charge on any atom is -0.376 e. The molecule has 1 saturated heterocycles. The predicted molar refractivity (Wildman–Crippen MR) is 112 cm³/mol. The lowest BCUT2D eigenvalue weighted by molar-refractivity contribution is -0.114. The van der Waals surface area contributed by atoms with Crippen LogP contribution in [0.4, 0.5) is 15.8 Å². The van der Waals surface area contributed by atoms with Crippen molar-refractivity contribution in [3.8, 4) is 0 Å². The highest BCUT2D eigenvalue weighted by atomic mass is 35.5. The fourth-order valence-electron chi connectivity index (χ4n) is 3.17. The molecule has 29 heavy (non-hydrogen) atoms. The quantitative estimate of drug-likeness (QED) is 0.710. The third-order valence-electron chi connectivity index (χ3n) is 4.69. The van der Waals surface area contributed by atoms with Crippen LogP contribution in [-0.2, 0) is 14.8 Å². The zero-order valence-electron chi connectivity index (χ0n) is 15.8. The fraction of sp³-hybridized carbons (Fsp3) is 0.350. The number of hydrogen-bond acceptors (Lipinski definition) is 4. The number of carbonyl (C=O) groups is 1. The molecule has 1 aliphatic heterocycles. The van der Waals surface area contributed by atoms with Gasteiger partial charge in [0.1, 0.15) is 5.82 Å². The molecule has 2 aromatic carbocycles. The number of nitrogens with zero attached hydrogens (tertiary/aromatic N) is 1. The highest BCUT2D eigenvalue weighted by molar-refractivity contribution is 7.89. The number of rotatable bonds is 6. The van der Waals surface area contributed by atoms with Crippen molar-refractivity contribution in [2.24, 2.45) is 0 Å². The van der Waals surface area contributed by atoms with Crippen LogP contribution in [0.25, 0.3) is 0 Å². The highest BCUT2D eigenvalue weighted by Crippen LogP contribution is 2.23. The van der Waals surface area contributed by atoms with Crippen molar-refractivity contribution in [2.75, 3.05) is 30.3 Å². The van der Waals surface area contributed by atoms with Crippen LogP contribution in [0.15, 0.2) is 47.4 Å². The van der Waals surface area contributed by atoms with Crippen LogP contribution in [0.5, 0.6) is 0 Å². The van der Waals surface area contributed by atoms with Gasteiger partial charge in [0.25, 0.3) is 0 Å².